The minimum absolute atomic E-state index is 0.188. The van der Waals surface area contributed by atoms with E-state index in [1.807, 2.05) is 60.8 Å². The van der Waals surface area contributed by atoms with Gasteiger partial charge < -0.3 is 15.4 Å². The molecule has 6 heteroatoms. The zero-order valence-corrected chi connectivity index (χ0v) is 16.8. The van der Waals surface area contributed by atoms with Crippen molar-refractivity contribution in [3.05, 3.63) is 94.3 Å². The summed E-state index contributed by atoms with van der Waals surface area (Å²) in [5.41, 5.74) is 0.672. The van der Waals surface area contributed by atoms with Crippen LogP contribution in [0.5, 0.6) is 5.75 Å². The van der Waals surface area contributed by atoms with Crippen LogP contribution in [0.1, 0.15) is 22.2 Å². The number of rotatable bonds is 8. The molecule has 2 aromatic carbocycles. The molecule has 0 spiro atoms. The highest BCUT2D eigenvalue weighted by Crippen LogP contribution is 2.14. The molecule has 1 aromatic heterocycles. The number of amides is 2. The molecule has 0 aliphatic heterocycles. The second-order valence-corrected chi connectivity index (χ2v) is 7.37. The third-order valence-corrected chi connectivity index (χ3v) is 4.80. The van der Waals surface area contributed by atoms with Crippen LogP contribution in [-0.2, 0) is 4.79 Å². The summed E-state index contributed by atoms with van der Waals surface area (Å²) in [7, 11) is 0. The molecule has 5 nitrogen and oxygen atoms in total. The van der Waals surface area contributed by atoms with E-state index in [1.165, 1.54) is 11.3 Å². The Bertz CT molecular complexity index is 954. The highest BCUT2D eigenvalue weighted by atomic mass is 32.1. The maximum Gasteiger partial charge on any atom is 0.268 e. The second-order valence-electron chi connectivity index (χ2n) is 6.39. The number of carbonyl (C=O) groups is 2. The summed E-state index contributed by atoms with van der Waals surface area (Å²) in [4.78, 5) is 26.2. The lowest BCUT2D eigenvalue weighted by molar-refractivity contribution is -0.118. The minimum atomic E-state index is -0.369. The monoisotopic (exact) mass is 406 g/mol. The Labute approximate surface area is 174 Å². The first-order chi connectivity index (χ1) is 14.1. The van der Waals surface area contributed by atoms with Gasteiger partial charge in [-0.3, -0.25) is 9.59 Å². The number of nitrogens with one attached hydrogen (secondary N) is 2. The molecular weight excluding hydrogens is 384 g/mol. The van der Waals surface area contributed by atoms with Gasteiger partial charge in [0, 0.05) is 10.4 Å². The van der Waals surface area contributed by atoms with Crippen molar-refractivity contribution < 1.29 is 14.3 Å². The average Bonchev–Trinajstić information content (AvgIpc) is 3.26. The Kier molecular flexibility index (Phi) is 7.19. The molecule has 0 aliphatic rings. The molecule has 2 N–H and O–H groups in total. The average molecular weight is 407 g/mol. The SMILES string of the molecule is CC(COc1ccccc1)NC(=O)/C(=C/c1cccs1)NC(=O)c1ccccc1. The zero-order chi connectivity index (χ0) is 20.5. The van der Waals surface area contributed by atoms with Gasteiger partial charge in [-0.2, -0.15) is 0 Å². The molecule has 148 valence electrons. The van der Waals surface area contributed by atoms with E-state index in [2.05, 4.69) is 10.6 Å². The summed E-state index contributed by atoms with van der Waals surface area (Å²) in [5, 5.41) is 7.52. The van der Waals surface area contributed by atoms with Crippen molar-refractivity contribution in [1.82, 2.24) is 10.6 Å². The predicted molar refractivity (Wildman–Crippen MR) is 116 cm³/mol. The Morgan fingerprint density at radius 1 is 1.00 bits per heavy atom. The van der Waals surface area contributed by atoms with Crippen LogP contribution in [0.2, 0.25) is 0 Å². The minimum Gasteiger partial charge on any atom is -0.491 e. The number of para-hydroxylation sites is 1. The van der Waals surface area contributed by atoms with Crippen molar-refractivity contribution in [2.45, 2.75) is 13.0 Å². The Morgan fingerprint density at radius 3 is 2.34 bits per heavy atom. The fraction of sp³-hybridized carbons (Fsp3) is 0.130. The van der Waals surface area contributed by atoms with Gasteiger partial charge >= 0.3 is 0 Å². The van der Waals surface area contributed by atoms with Crippen LogP contribution in [-0.4, -0.2) is 24.5 Å². The smallest absolute Gasteiger partial charge is 0.268 e. The van der Waals surface area contributed by atoms with E-state index in [0.29, 0.717) is 12.2 Å². The maximum absolute atomic E-state index is 12.8. The van der Waals surface area contributed by atoms with E-state index >= 15 is 0 Å². The quantitative estimate of drug-likeness (QED) is 0.554. The highest BCUT2D eigenvalue weighted by molar-refractivity contribution is 7.10. The van der Waals surface area contributed by atoms with Crippen molar-refractivity contribution in [2.24, 2.45) is 0 Å². The maximum atomic E-state index is 12.8. The molecule has 1 atom stereocenters. The molecule has 3 aromatic rings. The van der Waals surface area contributed by atoms with Crippen molar-refractivity contribution in [1.29, 1.82) is 0 Å². The fourth-order valence-electron chi connectivity index (χ4n) is 2.54. The molecule has 2 amide bonds. The molecular formula is C23H22N2O3S. The van der Waals surface area contributed by atoms with E-state index in [1.54, 1.807) is 30.3 Å². The van der Waals surface area contributed by atoms with Crippen LogP contribution in [0.4, 0.5) is 0 Å². The largest absolute Gasteiger partial charge is 0.491 e. The molecule has 0 aliphatic carbocycles. The lowest BCUT2D eigenvalue weighted by Crippen LogP contribution is -2.41. The number of thiophene rings is 1. The second kappa shape index (κ2) is 10.2. The summed E-state index contributed by atoms with van der Waals surface area (Å²) in [6.07, 6.45) is 1.67. The van der Waals surface area contributed by atoms with Gasteiger partial charge in [0.05, 0.1) is 6.04 Å². The van der Waals surface area contributed by atoms with Crippen LogP contribution >= 0.6 is 11.3 Å². The topological polar surface area (TPSA) is 67.4 Å². The van der Waals surface area contributed by atoms with Crippen LogP contribution in [0, 0.1) is 0 Å². The Morgan fingerprint density at radius 2 is 1.69 bits per heavy atom. The molecule has 0 bridgehead atoms. The Hall–Kier alpha value is -3.38. The normalized spacial score (nSPS) is 12.1. The van der Waals surface area contributed by atoms with Crippen molar-refractivity contribution in [3.8, 4) is 5.75 Å². The summed E-state index contributed by atoms with van der Waals surface area (Å²) in [6.45, 7) is 2.16. The Balaban J connectivity index is 1.66. The van der Waals surface area contributed by atoms with Crippen molar-refractivity contribution in [2.75, 3.05) is 6.61 Å². The third-order valence-electron chi connectivity index (χ3n) is 3.98. The van der Waals surface area contributed by atoms with Crippen molar-refractivity contribution >= 4 is 29.2 Å². The lowest BCUT2D eigenvalue weighted by Gasteiger charge is -2.17. The summed E-state index contributed by atoms with van der Waals surface area (Å²) in [5.74, 6) is 0.0314. The van der Waals surface area contributed by atoms with Crippen LogP contribution in [0.3, 0.4) is 0 Å². The number of carbonyl (C=O) groups excluding carboxylic acids is 2. The van der Waals surface area contributed by atoms with Gasteiger partial charge in [-0.05, 0) is 48.7 Å². The van der Waals surface area contributed by atoms with Gasteiger partial charge in [0.25, 0.3) is 11.8 Å². The van der Waals surface area contributed by atoms with E-state index in [-0.39, 0.29) is 23.6 Å². The lowest BCUT2D eigenvalue weighted by atomic mass is 10.2. The van der Waals surface area contributed by atoms with E-state index in [0.717, 1.165) is 10.6 Å². The molecule has 3 rings (SSSR count). The molecule has 1 unspecified atom stereocenters. The van der Waals surface area contributed by atoms with E-state index < -0.39 is 0 Å². The summed E-state index contributed by atoms with van der Waals surface area (Å²) < 4.78 is 5.69. The van der Waals surface area contributed by atoms with Gasteiger partial charge in [-0.15, -0.1) is 11.3 Å². The first-order valence-corrected chi connectivity index (χ1v) is 10.1. The zero-order valence-electron chi connectivity index (χ0n) is 16.0. The first kappa shape index (κ1) is 20.4. The van der Waals surface area contributed by atoms with Crippen LogP contribution < -0.4 is 15.4 Å². The van der Waals surface area contributed by atoms with Gasteiger partial charge in [0.15, 0.2) is 0 Å². The summed E-state index contributed by atoms with van der Waals surface area (Å²) in [6, 6.07) is 21.7. The van der Waals surface area contributed by atoms with Gasteiger partial charge in [-0.25, -0.2) is 0 Å². The third kappa shape index (κ3) is 6.33. The van der Waals surface area contributed by atoms with E-state index in [4.69, 9.17) is 4.74 Å². The molecule has 0 saturated heterocycles. The van der Waals surface area contributed by atoms with Crippen molar-refractivity contribution in [3.63, 3.8) is 0 Å². The van der Waals surface area contributed by atoms with Gasteiger partial charge in [0.1, 0.15) is 18.1 Å². The molecule has 1 heterocycles. The number of benzene rings is 2. The number of hydrogen-bond acceptors (Lipinski definition) is 4. The number of hydrogen-bond donors (Lipinski definition) is 2. The fourth-order valence-corrected chi connectivity index (χ4v) is 3.20. The molecule has 0 saturated carbocycles. The first-order valence-electron chi connectivity index (χ1n) is 9.22. The van der Waals surface area contributed by atoms with Gasteiger partial charge in [-0.1, -0.05) is 42.5 Å². The predicted octanol–water partition coefficient (Wildman–Crippen LogP) is 4.10. The highest BCUT2D eigenvalue weighted by Gasteiger charge is 2.17. The molecule has 29 heavy (non-hydrogen) atoms. The molecule has 0 radical (unpaired) electrons. The van der Waals surface area contributed by atoms with Gasteiger partial charge in [0.2, 0.25) is 0 Å². The molecule has 0 fully saturated rings. The standard InChI is InChI=1S/C23H22N2O3S/c1-17(16-28-19-11-6-3-7-12-19)24-23(27)21(15-20-13-8-14-29-20)25-22(26)18-9-4-2-5-10-18/h2-15,17H,16H2,1H3,(H,24,27)(H,25,26)/b21-15-. The van der Waals surface area contributed by atoms with Crippen LogP contribution in [0.25, 0.3) is 6.08 Å². The number of ether oxygens (including phenoxy) is 1. The summed E-state index contributed by atoms with van der Waals surface area (Å²) >= 11 is 1.49. The van der Waals surface area contributed by atoms with E-state index in [9.17, 15) is 9.59 Å². The van der Waals surface area contributed by atoms with Crippen LogP contribution in [0.15, 0.2) is 83.9 Å².